The SMILES string of the molecule is COCCN1C(=O)c2[nH]nc(-c3cc(C)ccc3O)c2[C@@H]1c1ccc(OC)c(OC)c1. The van der Waals surface area contributed by atoms with Crippen LogP contribution in [-0.2, 0) is 4.74 Å². The number of hydrogen-bond acceptors (Lipinski definition) is 6. The fourth-order valence-corrected chi connectivity index (χ4v) is 4.03. The van der Waals surface area contributed by atoms with Crippen LogP contribution in [0.15, 0.2) is 36.4 Å². The Morgan fingerprint density at radius 2 is 1.87 bits per heavy atom. The average molecular weight is 423 g/mol. The lowest BCUT2D eigenvalue weighted by molar-refractivity contribution is 0.0677. The van der Waals surface area contributed by atoms with Crippen LogP contribution in [0.25, 0.3) is 11.3 Å². The first-order chi connectivity index (χ1) is 15.0. The van der Waals surface area contributed by atoms with Gasteiger partial charge in [0.15, 0.2) is 11.5 Å². The molecule has 0 radical (unpaired) electrons. The summed E-state index contributed by atoms with van der Waals surface area (Å²) >= 11 is 0. The van der Waals surface area contributed by atoms with Crippen molar-refractivity contribution in [3.05, 3.63) is 58.8 Å². The first-order valence-corrected chi connectivity index (χ1v) is 9.90. The van der Waals surface area contributed by atoms with Crippen molar-refractivity contribution in [2.24, 2.45) is 0 Å². The molecule has 1 atom stereocenters. The summed E-state index contributed by atoms with van der Waals surface area (Å²) in [4.78, 5) is 15.0. The Labute approximate surface area is 180 Å². The van der Waals surface area contributed by atoms with Crippen molar-refractivity contribution >= 4 is 5.91 Å². The standard InChI is InChI=1S/C23H25N3O5/c1-13-5-7-16(27)15(11-13)20-19-21(25-24-20)23(28)26(9-10-29-2)22(19)14-6-8-17(30-3)18(12-14)31-4/h5-8,11-12,22,27H,9-10H2,1-4H3,(H,24,25)/t22-/m0/s1. The highest BCUT2D eigenvalue weighted by atomic mass is 16.5. The van der Waals surface area contributed by atoms with E-state index in [4.69, 9.17) is 14.2 Å². The fraction of sp³-hybridized carbons (Fsp3) is 0.304. The number of aromatic amines is 1. The molecule has 2 aromatic carbocycles. The Morgan fingerprint density at radius 1 is 1.10 bits per heavy atom. The van der Waals surface area contributed by atoms with Crippen molar-refractivity contribution in [1.29, 1.82) is 0 Å². The van der Waals surface area contributed by atoms with Gasteiger partial charge in [-0.15, -0.1) is 0 Å². The molecule has 0 fully saturated rings. The molecule has 1 aromatic heterocycles. The molecule has 8 nitrogen and oxygen atoms in total. The van der Waals surface area contributed by atoms with Crippen LogP contribution in [0.5, 0.6) is 17.2 Å². The number of carbonyl (C=O) groups is 1. The van der Waals surface area contributed by atoms with Gasteiger partial charge >= 0.3 is 0 Å². The summed E-state index contributed by atoms with van der Waals surface area (Å²) in [6.07, 6.45) is 0. The number of amides is 1. The molecule has 1 amide bonds. The molecule has 2 heterocycles. The third-order valence-corrected chi connectivity index (χ3v) is 5.53. The van der Waals surface area contributed by atoms with Gasteiger partial charge in [-0.3, -0.25) is 9.89 Å². The van der Waals surface area contributed by atoms with Crippen LogP contribution >= 0.6 is 0 Å². The highest BCUT2D eigenvalue weighted by Crippen LogP contribution is 2.45. The second-order valence-corrected chi connectivity index (χ2v) is 7.39. The minimum Gasteiger partial charge on any atom is -0.507 e. The number of hydrogen-bond donors (Lipinski definition) is 2. The zero-order chi connectivity index (χ0) is 22.1. The van der Waals surface area contributed by atoms with E-state index in [-0.39, 0.29) is 11.7 Å². The van der Waals surface area contributed by atoms with E-state index in [2.05, 4.69) is 10.2 Å². The molecule has 4 rings (SSSR count). The van der Waals surface area contributed by atoms with Crippen molar-refractivity contribution in [2.45, 2.75) is 13.0 Å². The monoisotopic (exact) mass is 423 g/mol. The number of aromatic hydroxyl groups is 1. The summed E-state index contributed by atoms with van der Waals surface area (Å²) < 4.78 is 16.1. The van der Waals surface area contributed by atoms with Gasteiger partial charge in [-0.2, -0.15) is 5.10 Å². The first-order valence-electron chi connectivity index (χ1n) is 9.90. The number of phenols is 1. The maximum absolute atomic E-state index is 13.2. The Bertz CT molecular complexity index is 1120. The van der Waals surface area contributed by atoms with E-state index in [1.165, 1.54) is 0 Å². The van der Waals surface area contributed by atoms with Gasteiger partial charge in [-0.25, -0.2) is 0 Å². The Balaban J connectivity index is 1.90. The maximum atomic E-state index is 13.2. The highest BCUT2D eigenvalue weighted by molar-refractivity contribution is 6.00. The third-order valence-electron chi connectivity index (χ3n) is 5.53. The lowest BCUT2D eigenvalue weighted by Crippen LogP contribution is -2.32. The van der Waals surface area contributed by atoms with Crippen LogP contribution in [0.4, 0.5) is 0 Å². The first kappa shape index (κ1) is 20.7. The molecule has 0 bridgehead atoms. The molecule has 31 heavy (non-hydrogen) atoms. The van der Waals surface area contributed by atoms with Gasteiger partial charge in [0.1, 0.15) is 17.1 Å². The van der Waals surface area contributed by atoms with Gasteiger partial charge < -0.3 is 24.2 Å². The predicted molar refractivity (Wildman–Crippen MR) is 115 cm³/mol. The second-order valence-electron chi connectivity index (χ2n) is 7.39. The minimum absolute atomic E-state index is 0.105. The number of carbonyl (C=O) groups excluding carboxylic acids is 1. The predicted octanol–water partition coefficient (Wildman–Crippen LogP) is 3.30. The van der Waals surface area contributed by atoms with Gasteiger partial charge in [-0.1, -0.05) is 17.7 Å². The van der Waals surface area contributed by atoms with Crippen LogP contribution in [0.2, 0.25) is 0 Å². The summed E-state index contributed by atoms with van der Waals surface area (Å²) in [5.41, 5.74) is 4.07. The van der Waals surface area contributed by atoms with Crippen LogP contribution < -0.4 is 9.47 Å². The molecule has 1 aliphatic heterocycles. The van der Waals surface area contributed by atoms with Gasteiger partial charge in [0, 0.05) is 24.8 Å². The topological polar surface area (TPSA) is 96.9 Å². The number of aromatic nitrogens is 2. The number of benzene rings is 2. The maximum Gasteiger partial charge on any atom is 0.273 e. The number of ether oxygens (including phenoxy) is 3. The van der Waals surface area contributed by atoms with Crippen molar-refractivity contribution in [1.82, 2.24) is 15.1 Å². The Hall–Kier alpha value is -3.52. The van der Waals surface area contributed by atoms with Crippen LogP contribution in [0, 0.1) is 6.92 Å². The molecule has 0 aliphatic carbocycles. The summed E-state index contributed by atoms with van der Waals surface area (Å²) in [5, 5.41) is 17.8. The van der Waals surface area contributed by atoms with Crippen molar-refractivity contribution < 1.29 is 24.1 Å². The number of rotatable bonds is 7. The van der Waals surface area contributed by atoms with E-state index in [9.17, 15) is 9.90 Å². The average Bonchev–Trinajstić information content (AvgIpc) is 3.32. The second kappa shape index (κ2) is 8.31. The van der Waals surface area contributed by atoms with E-state index >= 15 is 0 Å². The molecule has 3 aromatic rings. The fourth-order valence-electron chi connectivity index (χ4n) is 4.03. The quantitative estimate of drug-likeness (QED) is 0.605. The van der Waals surface area contributed by atoms with Crippen LogP contribution in [0.1, 0.15) is 33.2 Å². The van der Waals surface area contributed by atoms with Crippen molar-refractivity contribution in [3.8, 4) is 28.5 Å². The number of aryl methyl sites for hydroxylation is 1. The zero-order valence-electron chi connectivity index (χ0n) is 17.9. The molecule has 1 aliphatic rings. The number of methoxy groups -OCH3 is 3. The Morgan fingerprint density at radius 3 is 2.58 bits per heavy atom. The number of H-pyrrole nitrogens is 1. The lowest BCUT2D eigenvalue weighted by atomic mass is 9.95. The lowest BCUT2D eigenvalue weighted by Gasteiger charge is -2.26. The number of nitrogens with zero attached hydrogens (tertiary/aromatic N) is 2. The van der Waals surface area contributed by atoms with E-state index in [1.807, 2.05) is 37.3 Å². The molecular weight excluding hydrogens is 398 g/mol. The largest absolute Gasteiger partial charge is 0.507 e. The number of phenolic OH excluding ortho intramolecular Hbond substituents is 1. The van der Waals surface area contributed by atoms with Crippen molar-refractivity contribution in [2.75, 3.05) is 34.5 Å². The normalized spacial score (nSPS) is 15.3. The van der Waals surface area contributed by atoms with Gasteiger partial charge in [-0.05, 0) is 36.8 Å². The third kappa shape index (κ3) is 3.48. The van der Waals surface area contributed by atoms with Gasteiger partial charge in [0.25, 0.3) is 5.91 Å². The Kier molecular flexibility index (Phi) is 5.56. The smallest absolute Gasteiger partial charge is 0.273 e. The van der Waals surface area contributed by atoms with E-state index in [0.717, 1.165) is 11.1 Å². The van der Waals surface area contributed by atoms with E-state index in [1.54, 1.807) is 32.3 Å². The molecule has 2 N–H and O–H groups in total. The molecule has 0 unspecified atom stereocenters. The molecular formula is C23H25N3O5. The summed E-state index contributed by atoms with van der Waals surface area (Å²) in [7, 11) is 4.75. The molecule has 162 valence electrons. The van der Waals surface area contributed by atoms with E-state index in [0.29, 0.717) is 47.2 Å². The summed E-state index contributed by atoms with van der Waals surface area (Å²) in [6.45, 7) is 2.73. The molecule has 0 saturated heterocycles. The molecule has 8 heteroatoms. The minimum atomic E-state index is -0.425. The van der Waals surface area contributed by atoms with Gasteiger partial charge in [0.05, 0.1) is 26.9 Å². The van der Waals surface area contributed by atoms with Gasteiger partial charge in [0.2, 0.25) is 0 Å². The summed E-state index contributed by atoms with van der Waals surface area (Å²) in [6, 6.07) is 10.5. The van der Waals surface area contributed by atoms with Crippen LogP contribution in [0.3, 0.4) is 0 Å². The van der Waals surface area contributed by atoms with E-state index < -0.39 is 6.04 Å². The van der Waals surface area contributed by atoms with Crippen molar-refractivity contribution in [3.63, 3.8) is 0 Å². The summed E-state index contributed by atoms with van der Waals surface area (Å²) in [5.74, 6) is 1.10. The molecule has 0 saturated carbocycles. The number of fused-ring (bicyclic) bond motifs is 1. The van der Waals surface area contributed by atoms with Crippen LogP contribution in [-0.4, -0.2) is 60.6 Å². The molecule has 0 spiro atoms. The highest BCUT2D eigenvalue weighted by Gasteiger charge is 2.42. The zero-order valence-corrected chi connectivity index (χ0v) is 17.9. The number of nitrogens with one attached hydrogen (secondary N) is 1.